The van der Waals surface area contributed by atoms with Crippen molar-refractivity contribution in [2.24, 2.45) is 0 Å². The molecule has 0 bridgehead atoms. The Hall–Kier alpha value is -1.51. The predicted molar refractivity (Wildman–Crippen MR) is 49.2 cm³/mol. The standard InChI is InChI=1S/C9H12N2O/c1-3-4-5-6-8-7(2)10-9(12)11-8/h3-5H,1,6H2,2H3,(H2,10,11,12)/b5-4-. The highest BCUT2D eigenvalue weighted by Gasteiger charge is 1.98. The minimum absolute atomic E-state index is 0.144. The Morgan fingerprint density at radius 1 is 1.50 bits per heavy atom. The first-order chi connectivity index (χ1) is 5.74. The van der Waals surface area contributed by atoms with E-state index in [-0.39, 0.29) is 5.69 Å². The topological polar surface area (TPSA) is 48.6 Å². The molecule has 3 nitrogen and oxygen atoms in total. The monoisotopic (exact) mass is 164 g/mol. The Morgan fingerprint density at radius 3 is 2.75 bits per heavy atom. The van der Waals surface area contributed by atoms with Crippen LogP contribution < -0.4 is 5.69 Å². The summed E-state index contributed by atoms with van der Waals surface area (Å²) in [6.45, 7) is 5.42. The van der Waals surface area contributed by atoms with Gasteiger partial charge in [0.2, 0.25) is 0 Å². The maximum absolute atomic E-state index is 10.8. The van der Waals surface area contributed by atoms with Crippen LogP contribution in [0.1, 0.15) is 11.4 Å². The van der Waals surface area contributed by atoms with E-state index in [1.54, 1.807) is 6.08 Å². The molecule has 1 aromatic rings. The van der Waals surface area contributed by atoms with Crippen molar-refractivity contribution in [1.29, 1.82) is 0 Å². The van der Waals surface area contributed by atoms with E-state index in [2.05, 4.69) is 16.5 Å². The first-order valence-electron chi connectivity index (χ1n) is 3.79. The molecule has 0 atom stereocenters. The number of rotatable bonds is 3. The van der Waals surface area contributed by atoms with E-state index in [0.29, 0.717) is 0 Å². The maximum atomic E-state index is 10.8. The second-order valence-corrected chi connectivity index (χ2v) is 2.55. The third kappa shape index (κ3) is 1.99. The van der Waals surface area contributed by atoms with Crippen molar-refractivity contribution in [2.45, 2.75) is 13.3 Å². The Kier molecular flexibility index (Phi) is 2.69. The summed E-state index contributed by atoms with van der Waals surface area (Å²) in [5.41, 5.74) is 1.68. The molecule has 0 saturated heterocycles. The van der Waals surface area contributed by atoms with Gasteiger partial charge in [-0.05, 0) is 6.92 Å². The van der Waals surface area contributed by atoms with Crippen LogP contribution >= 0.6 is 0 Å². The van der Waals surface area contributed by atoms with Crippen LogP contribution in [0.25, 0.3) is 0 Å². The quantitative estimate of drug-likeness (QED) is 0.650. The molecule has 1 aromatic heterocycles. The maximum Gasteiger partial charge on any atom is 0.323 e. The highest BCUT2D eigenvalue weighted by molar-refractivity contribution is 5.13. The van der Waals surface area contributed by atoms with Crippen LogP contribution in [0.4, 0.5) is 0 Å². The SMILES string of the molecule is C=C/C=C\Cc1[nH]c(=O)[nH]c1C. The number of aromatic nitrogens is 2. The zero-order valence-electron chi connectivity index (χ0n) is 7.05. The van der Waals surface area contributed by atoms with Crippen LogP contribution in [0.2, 0.25) is 0 Å². The van der Waals surface area contributed by atoms with Crippen LogP contribution in [0.3, 0.4) is 0 Å². The zero-order valence-corrected chi connectivity index (χ0v) is 7.05. The number of aromatic amines is 2. The molecule has 0 spiro atoms. The van der Waals surface area contributed by atoms with Crippen LogP contribution in [0.5, 0.6) is 0 Å². The van der Waals surface area contributed by atoms with Gasteiger partial charge in [0, 0.05) is 17.8 Å². The first kappa shape index (κ1) is 8.59. The summed E-state index contributed by atoms with van der Waals surface area (Å²) in [6.07, 6.45) is 6.24. The largest absolute Gasteiger partial charge is 0.323 e. The fourth-order valence-corrected chi connectivity index (χ4v) is 0.994. The Labute approximate surface area is 70.8 Å². The average Bonchev–Trinajstić information content (AvgIpc) is 2.31. The molecular weight excluding hydrogens is 152 g/mol. The molecule has 0 fully saturated rings. The average molecular weight is 164 g/mol. The van der Waals surface area contributed by atoms with E-state index in [1.807, 2.05) is 19.1 Å². The highest BCUT2D eigenvalue weighted by atomic mass is 16.1. The van der Waals surface area contributed by atoms with Crippen molar-refractivity contribution < 1.29 is 0 Å². The van der Waals surface area contributed by atoms with Crippen molar-refractivity contribution in [1.82, 2.24) is 9.97 Å². The van der Waals surface area contributed by atoms with Gasteiger partial charge < -0.3 is 9.97 Å². The van der Waals surface area contributed by atoms with E-state index in [0.717, 1.165) is 17.8 Å². The summed E-state index contributed by atoms with van der Waals surface area (Å²) in [6, 6.07) is 0. The van der Waals surface area contributed by atoms with Gasteiger partial charge >= 0.3 is 5.69 Å². The molecule has 64 valence electrons. The second-order valence-electron chi connectivity index (χ2n) is 2.55. The van der Waals surface area contributed by atoms with Crippen molar-refractivity contribution in [3.63, 3.8) is 0 Å². The van der Waals surface area contributed by atoms with Gasteiger partial charge in [-0.3, -0.25) is 0 Å². The number of H-pyrrole nitrogens is 2. The lowest BCUT2D eigenvalue weighted by Crippen LogP contribution is -2.00. The lowest BCUT2D eigenvalue weighted by Gasteiger charge is -1.90. The third-order valence-electron chi connectivity index (χ3n) is 1.61. The molecule has 0 saturated carbocycles. The van der Waals surface area contributed by atoms with Gasteiger partial charge in [0.1, 0.15) is 0 Å². The number of hydrogen-bond acceptors (Lipinski definition) is 1. The van der Waals surface area contributed by atoms with Gasteiger partial charge in [-0.1, -0.05) is 24.8 Å². The van der Waals surface area contributed by atoms with E-state index >= 15 is 0 Å². The molecule has 2 N–H and O–H groups in total. The van der Waals surface area contributed by atoms with E-state index < -0.39 is 0 Å². The number of hydrogen-bond donors (Lipinski definition) is 2. The molecular formula is C9H12N2O. The van der Waals surface area contributed by atoms with E-state index in [9.17, 15) is 4.79 Å². The number of imidazole rings is 1. The first-order valence-corrected chi connectivity index (χ1v) is 3.79. The van der Waals surface area contributed by atoms with Gasteiger partial charge in [0.25, 0.3) is 0 Å². The van der Waals surface area contributed by atoms with Crippen molar-refractivity contribution in [3.05, 3.63) is 46.7 Å². The van der Waals surface area contributed by atoms with Gasteiger partial charge in [-0.15, -0.1) is 0 Å². The van der Waals surface area contributed by atoms with Crippen LogP contribution in [0.15, 0.2) is 29.6 Å². The lowest BCUT2D eigenvalue weighted by atomic mass is 10.2. The van der Waals surface area contributed by atoms with E-state index in [1.165, 1.54) is 0 Å². The second kappa shape index (κ2) is 3.76. The van der Waals surface area contributed by atoms with E-state index in [4.69, 9.17) is 0 Å². The molecule has 1 rings (SSSR count). The highest BCUT2D eigenvalue weighted by Crippen LogP contribution is 1.99. The smallest absolute Gasteiger partial charge is 0.310 e. The van der Waals surface area contributed by atoms with Crippen LogP contribution in [-0.2, 0) is 6.42 Å². The molecule has 3 heteroatoms. The summed E-state index contributed by atoms with van der Waals surface area (Å²) < 4.78 is 0. The molecule has 0 unspecified atom stereocenters. The molecule has 0 aromatic carbocycles. The van der Waals surface area contributed by atoms with Gasteiger partial charge in [0.15, 0.2) is 0 Å². The summed E-state index contributed by atoms with van der Waals surface area (Å²) in [4.78, 5) is 16.2. The van der Waals surface area contributed by atoms with Crippen molar-refractivity contribution in [3.8, 4) is 0 Å². The minimum atomic E-state index is -0.144. The molecule has 0 radical (unpaired) electrons. The third-order valence-corrected chi connectivity index (χ3v) is 1.61. The Balaban J connectivity index is 2.75. The molecule has 0 aliphatic rings. The van der Waals surface area contributed by atoms with Gasteiger partial charge in [-0.2, -0.15) is 0 Å². The Bertz CT molecular complexity index is 344. The zero-order chi connectivity index (χ0) is 8.97. The lowest BCUT2D eigenvalue weighted by molar-refractivity contribution is 1.10. The van der Waals surface area contributed by atoms with Crippen molar-refractivity contribution >= 4 is 0 Å². The predicted octanol–water partition coefficient (Wildman–Crippen LogP) is 1.30. The summed E-state index contributed by atoms with van der Waals surface area (Å²) in [5.74, 6) is 0. The minimum Gasteiger partial charge on any atom is -0.310 e. The number of aryl methyl sites for hydroxylation is 1. The fraction of sp³-hybridized carbons (Fsp3) is 0.222. The molecule has 12 heavy (non-hydrogen) atoms. The van der Waals surface area contributed by atoms with Crippen LogP contribution in [-0.4, -0.2) is 9.97 Å². The summed E-state index contributed by atoms with van der Waals surface area (Å²) in [5, 5.41) is 0. The molecule has 1 heterocycles. The van der Waals surface area contributed by atoms with Gasteiger partial charge in [-0.25, -0.2) is 4.79 Å². The normalized spacial score (nSPS) is 10.8. The molecule has 0 amide bonds. The van der Waals surface area contributed by atoms with Crippen molar-refractivity contribution in [2.75, 3.05) is 0 Å². The Morgan fingerprint density at radius 2 is 2.25 bits per heavy atom. The fourth-order valence-electron chi connectivity index (χ4n) is 0.994. The number of allylic oxidation sites excluding steroid dienone is 3. The summed E-state index contributed by atoms with van der Waals surface area (Å²) in [7, 11) is 0. The van der Waals surface area contributed by atoms with Crippen LogP contribution in [0, 0.1) is 6.92 Å². The molecule has 0 aliphatic heterocycles. The molecule has 0 aliphatic carbocycles. The van der Waals surface area contributed by atoms with Gasteiger partial charge in [0.05, 0.1) is 0 Å². The summed E-state index contributed by atoms with van der Waals surface area (Å²) >= 11 is 0. The number of nitrogens with one attached hydrogen (secondary N) is 2.